The van der Waals surface area contributed by atoms with Gasteiger partial charge < -0.3 is 5.11 Å². The second-order valence-electron chi connectivity index (χ2n) is 5.56. The molecule has 0 aromatic heterocycles. The largest absolute Gasteiger partial charge is 0.465 e. The number of carbonyl (C=O) groups excluding carboxylic acids is 2. The number of halogens is 1. The van der Waals surface area contributed by atoms with E-state index in [1.165, 1.54) is 4.90 Å². The number of fused-ring (bicyclic) bond motifs is 1. The van der Waals surface area contributed by atoms with E-state index >= 15 is 0 Å². The molecule has 26 heavy (non-hydrogen) atoms. The van der Waals surface area contributed by atoms with Gasteiger partial charge in [0.25, 0.3) is 11.8 Å². The molecule has 2 aromatic rings. The molecule has 3 rings (SSSR count). The fourth-order valence-corrected chi connectivity index (χ4v) is 2.99. The molecule has 2 aromatic carbocycles. The van der Waals surface area contributed by atoms with Gasteiger partial charge in [0.1, 0.15) is 0 Å². The predicted molar refractivity (Wildman–Crippen MR) is 100 cm³/mol. The highest BCUT2D eigenvalue weighted by Gasteiger charge is 2.25. The van der Waals surface area contributed by atoms with Crippen LogP contribution in [0.1, 0.15) is 38.8 Å². The van der Waals surface area contributed by atoms with E-state index in [0.29, 0.717) is 29.2 Å². The zero-order valence-corrected chi connectivity index (χ0v) is 15.2. The van der Waals surface area contributed by atoms with Crippen molar-refractivity contribution in [3.8, 4) is 0 Å². The number of carboxylic acid groups (broad SMARTS) is 1. The lowest BCUT2D eigenvalue weighted by atomic mass is 10.1. The number of aryl methyl sites for hydroxylation is 1. The van der Waals surface area contributed by atoms with Crippen LogP contribution in [0.15, 0.2) is 42.5 Å². The Morgan fingerprint density at radius 1 is 1.08 bits per heavy atom. The Kier molecular flexibility index (Phi) is 6.36. The first kappa shape index (κ1) is 19.5. The summed E-state index contributed by atoms with van der Waals surface area (Å²) < 4.78 is 0. The van der Waals surface area contributed by atoms with Gasteiger partial charge in [-0.05, 0) is 43.2 Å². The molecule has 7 heteroatoms. The van der Waals surface area contributed by atoms with E-state index in [0.717, 1.165) is 11.1 Å². The fourth-order valence-electron chi connectivity index (χ4n) is 2.64. The van der Waals surface area contributed by atoms with Crippen LogP contribution in [-0.2, 0) is 5.88 Å². The van der Waals surface area contributed by atoms with Crippen molar-refractivity contribution in [1.29, 1.82) is 0 Å². The molecule has 0 atom stereocenters. The maximum absolute atomic E-state index is 11.0. The van der Waals surface area contributed by atoms with E-state index in [1.54, 1.807) is 37.3 Å². The number of imide groups is 1. The molecule has 1 heterocycles. The van der Waals surface area contributed by atoms with Crippen molar-refractivity contribution < 1.29 is 19.5 Å². The predicted octanol–water partition coefficient (Wildman–Crippen LogP) is 3.81. The quantitative estimate of drug-likeness (QED) is 0.631. The average Bonchev–Trinajstić information content (AvgIpc) is 2.91. The third kappa shape index (κ3) is 4.03. The molecule has 3 amide bonds. The van der Waals surface area contributed by atoms with Crippen LogP contribution >= 0.6 is 11.6 Å². The summed E-state index contributed by atoms with van der Waals surface area (Å²) >= 11 is 5.82. The van der Waals surface area contributed by atoms with Gasteiger partial charge in [0, 0.05) is 12.4 Å². The lowest BCUT2D eigenvalue weighted by Gasteiger charge is -2.21. The number of nitrogens with zero attached hydrogens (tertiary/aromatic N) is 1. The van der Waals surface area contributed by atoms with Crippen LogP contribution < -0.4 is 10.2 Å². The van der Waals surface area contributed by atoms with Gasteiger partial charge in [0.2, 0.25) is 0 Å². The number of anilines is 1. The van der Waals surface area contributed by atoms with Gasteiger partial charge in [0.05, 0.1) is 16.8 Å². The van der Waals surface area contributed by atoms with Gasteiger partial charge in [-0.25, -0.2) is 4.79 Å². The maximum atomic E-state index is 11.0. The van der Waals surface area contributed by atoms with Crippen molar-refractivity contribution in [2.24, 2.45) is 0 Å². The molecule has 0 aliphatic carbocycles. The van der Waals surface area contributed by atoms with Crippen molar-refractivity contribution in [2.75, 3.05) is 11.4 Å². The molecule has 0 unspecified atom stereocenters. The zero-order chi connectivity index (χ0) is 19.3. The number of benzene rings is 2. The lowest BCUT2D eigenvalue weighted by Crippen LogP contribution is -2.29. The smallest absolute Gasteiger partial charge is 0.411 e. The molecule has 6 nitrogen and oxygen atoms in total. The number of hydrogen-bond acceptors (Lipinski definition) is 3. The number of carbonyl (C=O) groups is 3. The van der Waals surface area contributed by atoms with Crippen molar-refractivity contribution in [2.45, 2.75) is 19.7 Å². The number of alkyl halides is 1. The average molecular weight is 375 g/mol. The van der Waals surface area contributed by atoms with Crippen LogP contribution in [0.25, 0.3) is 0 Å². The normalized spacial score (nSPS) is 12.0. The Bertz CT molecular complexity index is 818. The molecule has 0 saturated heterocycles. The fraction of sp³-hybridized carbons (Fsp3) is 0.211. The van der Waals surface area contributed by atoms with Gasteiger partial charge in [-0.1, -0.05) is 24.3 Å². The molecule has 1 aliphatic heterocycles. The molecule has 1 aliphatic rings. The highest BCUT2D eigenvalue weighted by Crippen LogP contribution is 2.25. The number of rotatable bonds is 3. The molecule has 0 saturated carbocycles. The van der Waals surface area contributed by atoms with E-state index in [4.69, 9.17) is 16.7 Å². The SMILES string of the molecule is CCN(C(=O)O)c1cccc(C)c1CCl.O=C1NC(=O)c2ccccc21. The summed E-state index contributed by atoms with van der Waals surface area (Å²) in [6.45, 7) is 4.15. The number of amides is 3. The van der Waals surface area contributed by atoms with E-state index in [-0.39, 0.29) is 11.8 Å². The Morgan fingerprint density at radius 3 is 2.12 bits per heavy atom. The molecule has 0 bridgehead atoms. The van der Waals surface area contributed by atoms with Crippen LogP contribution in [0.5, 0.6) is 0 Å². The van der Waals surface area contributed by atoms with Crippen molar-refractivity contribution >= 4 is 35.2 Å². The Hall–Kier alpha value is -2.86. The Balaban J connectivity index is 0.000000195. The minimum atomic E-state index is -0.950. The Labute approximate surface area is 156 Å². The second-order valence-corrected chi connectivity index (χ2v) is 5.83. The Morgan fingerprint density at radius 2 is 1.65 bits per heavy atom. The molecular weight excluding hydrogens is 356 g/mol. The van der Waals surface area contributed by atoms with Gasteiger partial charge in [-0.2, -0.15) is 0 Å². The van der Waals surface area contributed by atoms with Gasteiger partial charge in [0.15, 0.2) is 0 Å². The topological polar surface area (TPSA) is 86.7 Å². The summed E-state index contributed by atoms with van der Waals surface area (Å²) in [5.41, 5.74) is 3.51. The van der Waals surface area contributed by atoms with E-state index in [1.807, 2.05) is 19.1 Å². The first-order valence-corrected chi connectivity index (χ1v) is 8.53. The van der Waals surface area contributed by atoms with E-state index in [2.05, 4.69) is 5.32 Å². The third-order valence-electron chi connectivity index (χ3n) is 4.00. The van der Waals surface area contributed by atoms with Crippen LogP contribution in [0.4, 0.5) is 10.5 Å². The van der Waals surface area contributed by atoms with Gasteiger partial charge in [-0.3, -0.25) is 19.8 Å². The lowest BCUT2D eigenvalue weighted by molar-refractivity contribution is 0.0879. The molecule has 0 spiro atoms. The van der Waals surface area contributed by atoms with Gasteiger partial charge in [-0.15, -0.1) is 11.6 Å². The third-order valence-corrected chi connectivity index (χ3v) is 4.27. The van der Waals surface area contributed by atoms with Gasteiger partial charge >= 0.3 is 6.09 Å². The molecule has 0 radical (unpaired) electrons. The first-order valence-electron chi connectivity index (χ1n) is 8.00. The molecule has 2 N–H and O–H groups in total. The monoisotopic (exact) mass is 374 g/mol. The summed E-state index contributed by atoms with van der Waals surface area (Å²) in [7, 11) is 0. The van der Waals surface area contributed by atoms with Crippen LogP contribution in [0.3, 0.4) is 0 Å². The number of nitrogens with one attached hydrogen (secondary N) is 1. The van der Waals surface area contributed by atoms with Crippen molar-refractivity contribution in [1.82, 2.24) is 5.32 Å². The van der Waals surface area contributed by atoms with Crippen LogP contribution in [0, 0.1) is 6.92 Å². The zero-order valence-electron chi connectivity index (χ0n) is 14.5. The van der Waals surface area contributed by atoms with Crippen LogP contribution in [0.2, 0.25) is 0 Å². The van der Waals surface area contributed by atoms with E-state index in [9.17, 15) is 14.4 Å². The highest BCUT2D eigenvalue weighted by atomic mass is 35.5. The minimum absolute atomic E-state index is 0.300. The van der Waals surface area contributed by atoms with Crippen LogP contribution in [-0.4, -0.2) is 29.6 Å². The summed E-state index contributed by atoms with van der Waals surface area (Å²) in [5, 5.41) is 11.2. The highest BCUT2D eigenvalue weighted by molar-refractivity contribution is 6.21. The minimum Gasteiger partial charge on any atom is -0.465 e. The van der Waals surface area contributed by atoms with E-state index < -0.39 is 6.09 Å². The molecule has 0 fully saturated rings. The molecular formula is C19H19ClN2O4. The second kappa shape index (κ2) is 8.49. The maximum Gasteiger partial charge on any atom is 0.411 e. The summed E-state index contributed by atoms with van der Waals surface area (Å²) in [4.78, 5) is 34.2. The summed E-state index contributed by atoms with van der Waals surface area (Å²) in [6, 6.07) is 12.3. The first-order chi connectivity index (χ1) is 12.4. The summed E-state index contributed by atoms with van der Waals surface area (Å²) in [6.07, 6.45) is -0.950. The summed E-state index contributed by atoms with van der Waals surface area (Å²) in [5.74, 6) is -0.276. The molecule has 136 valence electrons. The standard InChI is InChI=1S/C11H14ClNO2.C8H5NO2/c1-3-13(11(14)15)10-6-4-5-8(2)9(10)7-12;10-7-5-3-1-2-4-6(5)8(11)9-7/h4-6H,3,7H2,1-2H3,(H,14,15);1-4H,(H,9,10,11). The number of hydrogen-bond donors (Lipinski definition) is 2. The van der Waals surface area contributed by atoms with Crippen molar-refractivity contribution in [3.05, 3.63) is 64.7 Å². The van der Waals surface area contributed by atoms with Crippen molar-refractivity contribution in [3.63, 3.8) is 0 Å².